The van der Waals surface area contributed by atoms with Crippen LogP contribution in [0, 0.1) is 23.2 Å². The number of carboxylic acid groups (broad SMARTS) is 1. The van der Waals surface area contributed by atoms with Gasteiger partial charge in [0.1, 0.15) is 6.54 Å². The molecule has 2 atom stereocenters. The van der Waals surface area contributed by atoms with Gasteiger partial charge < -0.3 is 10.4 Å². The van der Waals surface area contributed by atoms with Gasteiger partial charge in [-0.3, -0.25) is 9.59 Å². The van der Waals surface area contributed by atoms with E-state index in [1.54, 1.807) is 6.07 Å². The smallest absolute Gasteiger partial charge is 0.307 e. The summed E-state index contributed by atoms with van der Waals surface area (Å²) in [4.78, 5) is 22.4. The summed E-state index contributed by atoms with van der Waals surface area (Å²) in [6.45, 7) is -0.0539. The van der Waals surface area contributed by atoms with E-state index in [1.807, 2.05) is 0 Å². The highest BCUT2D eigenvalue weighted by molar-refractivity contribution is 5.84. The van der Waals surface area contributed by atoms with Gasteiger partial charge in [0.15, 0.2) is 0 Å². The molecule has 0 aliphatic heterocycles. The minimum absolute atomic E-state index is 0.0539. The minimum Gasteiger partial charge on any atom is -0.481 e. The first kappa shape index (κ1) is 11.5. The summed E-state index contributed by atoms with van der Waals surface area (Å²) in [5.74, 6) is -2.27. The van der Waals surface area contributed by atoms with Crippen molar-refractivity contribution in [3.8, 4) is 6.07 Å². The Kier molecular flexibility index (Phi) is 4.10. The van der Waals surface area contributed by atoms with Crippen LogP contribution in [-0.4, -0.2) is 23.5 Å². The Hall–Kier alpha value is -1.57. The zero-order chi connectivity index (χ0) is 11.3. The van der Waals surface area contributed by atoms with Gasteiger partial charge in [-0.05, 0) is 12.8 Å². The van der Waals surface area contributed by atoms with E-state index in [0.717, 1.165) is 12.8 Å². The van der Waals surface area contributed by atoms with Crippen LogP contribution in [-0.2, 0) is 9.59 Å². The van der Waals surface area contributed by atoms with Gasteiger partial charge in [-0.25, -0.2) is 0 Å². The molecule has 15 heavy (non-hydrogen) atoms. The molecule has 0 bridgehead atoms. The molecule has 0 spiro atoms. The third kappa shape index (κ3) is 2.94. The average Bonchev–Trinajstić information content (AvgIpc) is 2.25. The lowest BCUT2D eigenvalue weighted by molar-refractivity contribution is -0.148. The molecule has 2 N–H and O–H groups in total. The summed E-state index contributed by atoms with van der Waals surface area (Å²) in [6.07, 6.45) is 2.90. The molecule has 1 aliphatic rings. The molecule has 0 saturated heterocycles. The molecule has 5 nitrogen and oxygen atoms in total. The Morgan fingerprint density at radius 2 is 1.93 bits per heavy atom. The molecular formula is C10H14N2O3. The predicted octanol–water partition coefficient (Wildman–Crippen LogP) is 0.517. The van der Waals surface area contributed by atoms with Gasteiger partial charge in [-0.2, -0.15) is 5.26 Å². The molecule has 0 aromatic heterocycles. The molecule has 1 rings (SSSR count). The Balaban J connectivity index is 2.60. The number of carbonyl (C=O) groups excluding carboxylic acids is 1. The monoisotopic (exact) mass is 210 g/mol. The number of carboxylic acids is 1. The van der Waals surface area contributed by atoms with Crippen molar-refractivity contribution in [3.05, 3.63) is 0 Å². The van der Waals surface area contributed by atoms with E-state index in [-0.39, 0.29) is 12.5 Å². The molecule has 0 unspecified atom stereocenters. The highest BCUT2D eigenvalue weighted by Gasteiger charge is 2.35. The second-order valence-corrected chi connectivity index (χ2v) is 3.71. The Labute approximate surface area is 88.1 Å². The largest absolute Gasteiger partial charge is 0.481 e. The van der Waals surface area contributed by atoms with E-state index in [0.29, 0.717) is 12.8 Å². The molecule has 0 aromatic rings. The lowest BCUT2D eigenvalue weighted by Crippen LogP contribution is -2.39. The van der Waals surface area contributed by atoms with Crippen LogP contribution in [0.5, 0.6) is 0 Å². The van der Waals surface area contributed by atoms with Crippen LogP contribution in [0.3, 0.4) is 0 Å². The SMILES string of the molecule is N#CCNC(=O)[C@@H]1CCCC[C@H]1C(=O)O. The Bertz CT molecular complexity index is 296. The number of nitriles is 1. The zero-order valence-electron chi connectivity index (χ0n) is 8.40. The van der Waals surface area contributed by atoms with Crippen LogP contribution in [0.15, 0.2) is 0 Å². The third-order valence-corrected chi connectivity index (χ3v) is 2.76. The van der Waals surface area contributed by atoms with Crippen molar-refractivity contribution < 1.29 is 14.7 Å². The fourth-order valence-corrected chi connectivity index (χ4v) is 2.00. The maximum atomic E-state index is 11.5. The lowest BCUT2D eigenvalue weighted by Gasteiger charge is -2.26. The van der Waals surface area contributed by atoms with Gasteiger partial charge in [0.2, 0.25) is 5.91 Å². The molecule has 1 saturated carbocycles. The van der Waals surface area contributed by atoms with E-state index in [2.05, 4.69) is 5.32 Å². The van der Waals surface area contributed by atoms with Crippen molar-refractivity contribution in [1.29, 1.82) is 5.26 Å². The molecule has 0 heterocycles. The third-order valence-electron chi connectivity index (χ3n) is 2.76. The van der Waals surface area contributed by atoms with E-state index >= 15 is 0 Å². The van der Waals surface area contributed by atoms with Crippen molar-refractivity contribution in [2.24, 2.45) is 11.8 Å². The maximum Gasteiger partial charge on any atom is 0.307 e. The first-order chi connectivity index (χ1) is 7.16. The first-order valence-corrected chi connectivity index (χ1v) is 5.04. The lowest BCUT2D eigenvalue weighted by atomic mass is 9.79. The molecule has 1 fully saturated rings. The van der Waals surface area contributed by atoms with Crippen molar-refractivity contribution >= 4 is 11.9 Å². The molecule has 0 aromatic carbocycles. The number of hydrogen-bond donors (Lipinski definition) is 2. The van der Waals surface area contributed by atoms with Gasteiger partial charge in [-0.15, -0.1) is 0 Å². The van der Waals surface area contributed by atoms with Crippen LogP contribution in [0.4, 0.5) is 0 Å². The topological polar surface area (TPSA) is 90.2 Å². The summed E-state index contributed by atoms with van der Waals surface area (Å²) >= 11 is 0. The minimum atomic E-state index is -0.910. The highest BCUT2D eigenvalue weighted by Crippen LogP contribution is 2.30. The van der Waals surface area contributed by atoms with Gasteiger partial charge in [0.05, 0.1) is 17.9 Å². The summed E-state index contributed by atoms with van der Waals surface area (Å²) in [7, 11) is 0. The zero-order valence-corrected chi connectivity index (χ0v) is 8.40. The van der Waals surface area contributed by atoms with Crippen molar-refractivity contribution in [2.75, 3.05) is 6.54 Å². The van der Waals surface area contributed by atoms with E-state index in [4.69, 9.17) is 10.4 Å². The van der Waals surface area contributed by atoms with Crippen LogP contribution < -0.4 is 5.32 Å². The van der Waals surface area contributed by atoms with Crippen LogP contribution in [0.1, 0.15) is 25.7 Å². The second-order valence-electron chi connectivity index (χ2n) is 3.71. The Morgan fingerprint density at radius 3 is 2.47 bits per heavy atom. The second kappa shape index (κ2) is 5.35. The maximum absolute atomic E-state index is 11.5. The van der Waals surface area contributed by atoms with Crippen molar-refractivity contribution in [3.63, 3.8) is 0 Å². The van der Waals surface area contributed by atoms with Crippen LogP contribution >= 0.6 is 0 Å². The quantitative estimate of drug-likeness (QED) is 0.664. The molecule has 0 radical (unpaired) electrons. The van der Waals surface area contributed by atoms with Gasteiger partial charge in [-0.1, -0.05) is 12.8 Å². The van der Waals surface area contributed by atoms with Crippen molar-refractivity contribution in [1.82, 2.24) is 5.32 Å². The molecule has 82 valence electrons. The molecule has 1 amide bonds. The molecule has 5 heteroatoms. The summed E-state index contributed by atoms with van der Waals surface area (Å²) in [6, 6.07) is 1.80. The van der Waals surface area contributed by atoms with Crippen LogP contribution in [0.25, 0.3) is 0 Å². The standard InChI is InChI=1S/C10H14N2O3/c11-5-6-12-9(13)7-3-1-2-4-8(7)10(14)15/h7-8H,1-4,6H2,(H,12,13)(H,14,15)/t7-,8-/m1/s1. The number of rotatable bonds is 3. The predicted molar refractivity (Wildman–Crippen MR) is 51.7 cm³/mol. The number of nitrogens with one attached hydrogen (secondary N) is 1. The van der Waals surface area contributed by atoms with E-state index in [9.17, 15) is 9.59 Å². The van der Waals surface area contributed by atoms with Gasteiger partial charge in [0.25, 0.3) is 0 Å². The van der Waals surface area contributed by atoms with E-state index in [1.165, 1.54) is 0 Å². The van der Waals surface area contributed by atoms with Crippen LogP contribution in [0.2, 0.25) is 0 Å². The number of amides is 1. The number of hydrogen-bond acceptors (Lipinski definition) is 3. The fraction of sp³-hybridized carbons (Fsp3) is 0.700. The fourth-order valence-electron chi connectivity index (χ4n) is 2.00. The summed E-state index contributed by atoms with van der Waals surface area (Å²) in [5.41, 5.74) is 0. The normalized spacial score (nSPS) is 25.3. The number of aliphatic carboxylic acids is 1. The molecule has 1 aliphatic carbocycles. The van der Waals surface area contributed by atoms with Gasteiger partial charge >= 0.3 is 5.97 Å². The summed E-state index contributed by atoms with van der Waals surface area (Å²) < 4.78 is 0. The van der Waals surface area contributed by atoms with Crippen molar-refractivity contribution in [2.45, 2.75) is 25.7 Å². The first-order valence-electron chi connectivity index (χ1n) is 5.04. The Morgan fingerprint density at radius 1 is 1.33 bits per heavy atom. The average molecular weight is 210 g/mol. The van der Waals surface area contributed by atoms with E-state index < -0.39 is 17.8 Å². The summed E-state index contributed by atoms with van der Waals surface area (Å²) in [5, 5.41) is 19.7. The number of nitrogens with zero attached hydrogens (tertiary/aromatic N) is 1. The number of carbonyl (C=O) groups is 2. The highest BCUT2D eigenvalue weighted by atomic mass is 16.4. The molecular weight excluding hydrogens is 196 g/mol. The van der Waals surface area contributed by atoms with Gasteiger partial charge in [0, 0.05) is 0 Å².